The van der Waals surface area contributed by atoms with E-state index in [1.165, 1.54) is 24.0 Å². The number of hydrogen-bond acceptors (Lipinski definition) is 4. The van der Waals surface area contributed by atoms with Crippen molar-refractivity contribution in [3.05, 3.63) is 29.8 Å². The number of rotatable bonds is 12. The van der Waals surface area contributed by atoms with E-state index in [0.29, 0.717) is 6.54 Å². The van der Waals surface area contributed by atoms with Crippen LogP contribution in [-0.4, -0.2) is 46.1 Å². The minimum Gasteiger partial charge on any atom is -0.508 e. The van der Waals surface area contributed by atoms with Gasteiger partial charge in [0.1, 0.15) is 11.8 Å². The van der Waals surface area contributed by atoms with Crippen molar-refractivity contribution in [2.24, 2.45) is 5.73 Å². The molecule has 6 heteroatoms. The highest BCUT2D eigenvalue weighted by Gasteiger charge is 2.27. The topological polar surface area (TPSA) is 104 Å². The van der Waals surface area contributed by atoms with Crippen LogP contribution in [0.4, 0.5) is 0 Å². The van der Waals surface area contributed by atoms with E-state index in [-0.39, 0.29) is 18.1 Å². The standard InChI is InChI=1S/C19H30N2O4/c1-15(22)21(13-7-5-3-2-4-6-12-20)18(19(24)25)14-16-8-10-17(23)11-9-16/h8-11,18,23H,2-7,12-14,20H2,1H3,(H,24,25). The molecule has 0 bridgehead atoms. The van der Waals surface area contributed by atoms with E-state index in [1.54, 1.807) is 12.1 Å². The largest absolute Gasteiger partial charge is 0.508 e. The summed E-state index contributed by atoms with van der Waals surface area (Å²) in [4.78, 5) is 25.1. The molecular formula is C19H30N2O4. The maximum Gasteiger partial charge on any atom is 0.326 e. The molecule has 0 aliphatic rings. The molecule has 0 saturated heterocycles. The molecule has 25 heavy (non-hydrogen) atoms. The lowest BCUT2D eigenvalue weighted by molar-refractivity contribution is -0.149. The summed E-state index contributed by atoms with van der Waals surface area (Å²) in [5.74, 6) is -1.10. The molecule has 1 rings (SSSR count). The zero-order valence-electron chi connectivity index (χ0n) is 15.0. The van der Waals surface area contributed by atoms with Gasteiger partial charge in [0.2, 0.25) is 5.91 Å². The van der Waals surface area contributed by atoms with Crippen molar-refractivity contribution in [1.29, 1.82) is 0 Å². The zero-order valence-corrected chi connectivity index (χ0v) is 15.0. The molecule has 0 saturated carbocycles. The van der Waals surface area contributed by atoms with E-state index in [2.05, 4.69) is 0 Å². The number of aromatic hydroxyl groups is 1. The quantitative estimate of drug-likeness (QED) is 0.503. The zero-order chi connectivity index (χ0) is 18.7. The summed E-state index contributed by atoms with van der Waals surface area (Å²) in [5, 5.41) is 18.9. The van der Waals surface area contributed by atoms with Gasteiger partial charge in [-0.1, -0.05) is 37.8 Å². The van der Waals surface area contributed by atoms with Gasteiger partial charge in [-0.2, -0.15) is 0 Å². The molecule has 140 valence electrons. The van der Waals surface area contributed by atoms with Gasteiger partial charge in [-0.3, -0.25) is 4.79 Å². The van der Waals surface area contributed by atoms with E-state index in [1.807, 2.05) is 0 Å². The van der Waals surface area contributed by atoms with Crippen molar-refractivity contribution in [1.82, 2.24) is 4.90 Å². The Balaban J connectivity index is 2.57. The van der Waals surface area contributed by atoms with Crippen LogP contribution in [-0.2, 0) is 16.0 Å². The second-order valence-corrected chi connectivity index (χ2v) is 6.35. The lowest BCUT2D eigenvalue weighted by Gasteiger charge is -2.28. The van der Waals surface area contributed by atoms with Crippen LogP contribution < -0.4 is 5.73 Å². The molecule has 1 aromatic carbocycles. The predicted molar refractivity (Wildman–Crippen MR) is 97.4 cm³/mol. The molecule has 0 heterocycles. The first-order chi connectivity index (χ1) is 12.0. The van der Waals surface area contributed by atoms with Crippen LogP contribution in [0.2, 0.25) is 0 Å². The highest BCUT2D eigenvalue weighted by Crippen LogP contribution is 2.15. The number of amides is 1. The molecule has 0 aliphatic heterocycles. The first kappa shape index (κ1) is 21.0. The second kappa shape index (κ2) is 11.5. The SMILES string of the molecule is CC(=O)N(CCCCCCCCN)C(Cc1ccc(O)cc1)C(=O)O. The molecule has 0 fully saturated rings. The number of aliphatic carboxylic acids is 1. The molecule has 6 nitrogen and oxygen atoms in total. The maximum atomic E-state index is 11.9. The summed E-state index contributed by atoms with van der Waals surface area (Å²) < 4.78 is 0. The number of phenols is 1. The summed E-state index contributed by atoms with van der Waals surface area (Å²) in [7, 11) is 0. The number of carbonyl (C=O) groups is 2. The molecule has 4 N–H and O–H groups in total. The molecule has 0 aliphatic carbocycles. The van der Waals surface area contributed by atoms with Gasteiger partial charge in [0.15, 0.2) is 0 Å². The summed E-state index contributed by atoms with van der Waals surface area (Å²) in [6.07, 6.45) is 6.33. The number of carboxylic acid groups (broad SMARTS) is 1. The number of nitrogens with zero attached hydrogens (tertiary/aromatic N) is 1. The Kier molecular flexibility index (Phi) is 9.62. The molecule has 1 atom stereocenters. The fourth-order valence-electron chi connectivity index (χ4n) is 2.85. The van der Waals surface area contributed by atoms with E-state index in [4.69, 9.17) is 5.73 Å². The average Bonchev–Trinajstić information content (AvgIpc) is 2.57. The molecule has 1 amide bonds. The van der Waals surface area contributed by atoms with Crippen molar-refractivity contribution in [3.8, 4) is 5.75 Å². The van der Waals surface area contributed by atoms with E-state index in [0.717, 1.165) is 50.6 Å². The average molecular weight is 350 g/mol. The van der Waals surface area contributed by atoms with Gasteiger partial charge in [-0.15, -0.1) is 0 Å². The number of benzene rings is 1. The van der Waals surface area contributed by atoms with Crippen LogP contribution in [0, 0.1) is 0 Å². The van der Waals surface area contributed by atoms with Crippen molar-refractivity contribution in [3.63, 3.8) is 0 Å². The predicted octanol–water partition coefficient (Wildman–Crippen LogP) is 2.54. The maximum absolute atomic E-state index is 11.9. The third kappa shape index (κ3) is 8.03. The van der Waals surface area contributed by atoms with Crippen LogP contribution in [0.15, 0.2) is 24.3 Å². The molecule has 1 aromatic rings. The molecule has 0 radical (unpaired) electrons. The lowest BCUT2D eigenvalue weighted by Crippen LogP contribution is -2.46. The Labute approximate surface area is 149 Å². The fraction of sp³-hybridized carbons (Fsp3) is 0.579. The number of carboxylic acids is 1. The van der Waals surface area contributed by atoms with Gasteiger partial charge in [0.25, 0.3) is 0 Å². The summed E-state index contributed by atoms with van der Waals surface area (Å²) in [5.41, 5.74) is 6.24. The fourth-order valence-corrected chi connectivity index (χ4v) is 2.85. The van der Waals surface area contributed by atoms with Gasteiger partial charge >= 0.3 is 5.97 Å². The number of phenolic OH excluding ortho intramolecular Hbond substituents is 1. The Bertz CT molecular complexity index is 531. The highest BCUT2D eigenvalue weighted by molar-refractivity contribution is 5.82. The number of nitrogens with two attached hydrogens (primary N) is 1. The van der Waals surface area contributed by atoms with Crippen molar-refractivity contribution in [2.75, 3.05) is 13.1 Å². The minimum absolute atomic E-state index is 0.133. The first-order valence-corrected chi connectivity index (χ1v) is 8.93. The Morgan fingerprint density at radius 2 is 1.60 bits per heavy atom. The van der Waals surface area contributed by atoms with Gasteiger partial charge in [-0.25, -0.2) is 4.79 Å². The number of carbonyl (C=O) groups excluding carboxylic acids is 1. The number of unbranched alkanes of at least 4 members (excludes halogenated alkanes) is 5. The molecular weight excluding hydrogens is 320 g/mol. The van der Waals surface area contributed by atoms with E-state index < -0.39 is 12.0 Å². The third-order valence-electron chi connectivity index (χ3n) is 4.28. The van der Waals surface area contributed by atoms with Crippen molar-refractivity contribution in [2.45, 2.75) is 57.9 Å². The molecule has 0 aromatic heterocycles. The molecule has 1 unspecified atom stereocenters. The second-order valence-electron chi connectivity index (χ2n) is 6.35. The summed E-state index contributed by atoms with van der Waals surface area (Å²) in [6, 6.07) is 5.52. The monoisotopic (exact) mass is 350 g/mol. The highest BCUT2D eigenvalue weighted by atomic mass is 16.4. The Hall–Kier alpha value is -2.08. The summed E-state index contributed by atoms with van der Waals surface area (Å²) >= 11 is 0. The molecule has 0 spiro atoms. The van der Waals surface area contributed by atoms with Crippen LogP contribution in [0.1, 0.15) is 51.0 Å². The third-order valence-corrected chi connectivity index (χ3v) is 4.28. The lowest BCUT2D eigenvalue weighted by atomic mass is 10.0. The van der Waals surface area contributed by atoms with Gasteiger partial charge < -0.3 is 20.8 Å². The van der Waals surface area contributed by atoms with Crippen LogP contribution in [0.3, 0.4) is 0 Å². The van der Waals surface area contributed by atoms with Gasteiger partial charge in [0.05, 0.1) is 0 Å². The smallest absolute Gasteiger partial charge is 0.326 e. The van der Waals surface area contributed by atoms with Crippen LogP contribution >= 0.6 is 0 Å². The van der Waals surface area contributed by atoms with Gasteiger partial charge in [0, 0.05) is 19.9 Å². The Morgan fingerprint density at radius 3 is 2.12 bits per heavy atom. The van der Waals surface area contributed by atoms with Crippen molar-refractivity contribution < 1.29 is 19.8 Å². The normalized spacial score (nSPS) is 11.9. The van der Waals surface area contributed by atoms with E-state index in [9.17, 15) is 19.8 Å². The number of hydrogen-bond donors (Lipinski definition) is 3. The summed E-state index contributed by atoms with van der Waals surface area (Å²) in [6.45, 7) is 2.57. The minimum atomic E-state index is -1.01. The van der Waals surface area contributed by atoms with Crippen LogP contribution in [0.5, 0.6) is 5.75 Å². The Morgan fingerprint density at radius 1 is 1.04 bits per heavy atom. The van der Waals surface area contributed by atoms with Gasteiger partial charge in [-0.05, 0) is 37.1 Å². The first-order valence-electron chi connectivity index (χ1n) is 8.93. The van der Waals surface area contributed by atoms with E-state index >= 15 is 0 Å². The van der Waals surface area contributed by atoms with Crippen molar-refractivity contribution >= 4 is 11.9 Å². The van der Waals surface area contributed by atoms with Crippen LogP contribution in [0.25, 0.3) is 0 Å².